The fourth-order valence-electron chi connectivity index (χ4n) is 2.59. The summed E-state index contributed by atoms with van der Waals surface area (Å²) in [7, 11) is 1.80. The van der Waals surface area contributed by atoms with E-state index in [1.54, 1.807) is 7.11 Å². The van der Waals surface area contributed by atoms with Crippen LogP contribution in [0.2, 0.25) is 0 Å². The summed E-state index contributed by atoms with van der Waals surface area (Å²) < 4.78 is 11.3. The zero-order valence-electron chi connectivity index (χ0n) is 11.8. The number of hydrogen-bond acceptors (Lipinski definition) is 3. The summed E-state index contributed by atoms with van der Waals surface area (Å²) in [5, 5.41) is 3.41. The van der Waals surface area contributed by atoms with E-state index in [9.17, 15) is 0 Å². The maximum Gasteiger partial charge on any atom is 0.0600 e. The first-order valence-electron chi connectivity index (χ1n) is 7.27. The Kier molecular flexibility index (Phi) is 6.34. The topological polar surface area (TPSA) is 30.5 Å². The maximum atomic E-state index is 5.91. The molecule has 1 saturated carbocycles. The Bertz CT molecular complexity index is 342. The van der Waals surface area contributed by atoms with Crippen LogP contribution in [0.5, 0.6) is 0 Å². The number of nitrogens with one attached hydrogen (secondary N) is 1. The van der Waals surface area contributed by atoms with E-state index < -0.39 is 0 Å². The molecule has 0 radical (unpaired) electrons. The summed E-state index contributed by atoms with van der Waals surface area (Å²) >= 11 is 0. The average molecular weight is 263 g/mol. The van der Waals surface area contributed by atoms with Crippen LogP contribution in [0.1, 0.15) is 31.2 Å². The van der Waals surface area contributed by atoms with Gasteiger partial charge in [0.2, 0.25) is 0 Å². The summed E-state index contributed by atoms with van der Waals surface area (Å²) in [6, 6.07) is 10.5. The van der Waals surface area contributed by atoms with Gasteiger partial charge in [0.15, 0.2) is 0 Å². The van der Waals surface area contributed by atoms with E-state index in [0.29, 0.717) is 12.2 Å². The summed E-state index contributed by atoms with van der Waals surface area (Å²) in [4.78, 5) is 0. The minimum absolute atomic E-state index is 0.386. The molecular weight excluding hydrogens is 238 g/mol. The normalized spacial score (nSPS) is 23.4. The van der Waals surface area contributed by atoms with Crippen LogP contribution in [-0.4, -0.2) is 32.5 Å². The lowest BCUT2D eigenvalue weighted by atomic mass is 9.95. The highest BCUT2D eigenvalue weighted by Gasteiger charge is 2.21. The Morgan fingerprint density at radius 3 is 2.74 bits per heavy atom. The maximum absolute atomic E-state index is 5.91. The third kappa shape index (κ3) is 5.31. The lowest BCUT2D eigenvalue weighted by molar-refractivity contribution is -0.0282. The van der Waals surface area contributed by atoms with Crippen molar-refractivity contribution in [2.45, 2.75) is 44.4 Å². The van der Waals surface area contributed by atoms with Gasteiger partial charge in [0.05, 0.1) is 18.8 Å². The Morgan fingerprint density at radius 2 is 1.95 bits per heavy atom. The Morgan fingerprint density at radius 1 is 1.16 bits per heavy atom. The molecule has 2 rings (SSSR count). The molecule has 3 nitrogen and oxygen atoms in total. The van der Waals surface area contributed by atoms with E-state index in [1.165, 1.54) is 24.8 Å². The highest BCUT2D eigenvalue weighted by Crippen LogP contribution is 2.22. The largest absolute Gasteiger partial charge is 0.381 e. The highest BCUT2D eigenvalue weighted by molar-refractivity contribution is 5.14. The number of ether oxygens (including phenoxy) is 2. The van der Waals surface area contributed by atoms with Gasteiger partial charge in [0.1, 0.15) is 0 Å². The van der Waals surface area contributed by atoms with E-state index >= 15 is 0 Å². The fraction of sp³-hybridized carbons (Fsp3) is 0.625. The third-order valence-corrected chi connectivity index (χ3v) is 3.72. The first kappa shape index (κ1) is 14.5. The standard InChI is InChI=1S/C16H25NO2/c1-18-15-8-5-9-16(12-15)19-11-10-17-13-14-6-3-2-4-7-14/h2-4,6-7,15-17H,5,8-13H2,1H3. The van der Waals surface area contributed by atoms with Crippen LogP contribution in [0.4, 0.5) is 0 Å². The summed E-state index contributed by atoms with van der Waals surface area (Å²) in [5.74, 6) is 0. The molecule has 1 aromatic rings. The van der Waals surface area contributed by atoms with Gasteiger partial charge in [-0.25, -0.2) is 0 Å². The molecule has 19 heavy (non-hydrogen) atoms. The van der Waals surface area contributed by atoms with Crippen LogP contribution in [0.3, 0.4) is 0 Å². The van der Waals surface area contributed by atoms with Crippen LogP contribution in [-0.2, 0) is 16.0 Å². The SMILES string of the molecule is COC1CCCC(OCCNCc2ccccc2)C1. The number of rotatable bonds is 7. The molecule has 0 aromatic heterocycles. The second kappa shape index (κ2) is 8.31. The van der Waals surface area contributed by atoms with Crippen molar-refractivity contribution in [3.05, 3.63) is 35.9 Å². The van der Waals surface area contributed by atoms with Gasteiger partial charge < -0.3 is 14.8 Å². The van der Waals surface area contributed by atoms with Crippen molar-refractivity contribution in [1.29, 1.82) is 0 Å². The lowest BCUT2D eigenvalue weighted by Gasteiger charge is -2.28. The molecular formula is C16H25NO2. The van der Waals surface area contributed by atoms with Crippen molar-refractivity contribution < 1.29 is 9.47 Å². The van der Waals surface area contributed by atoms with Crippen LogP contribution >= 0.6 is 0 Å². The summed E-state index contributed by atoms with van der Waals surface area (Å²) in [5.41, 5.74) is 1.32. The van der Waals surface area contributed by atoms with Crippen LogP contribution in [0.25, 0.3) is 0 Å². The van der Waals surface area contributed by atoms with Gasteiger partial charge in [-0.15, -0.1) is 0 Å². The minimum atomic E-state index is 0.386. The third-order valence-electron chi connectivity index (χ3n) is 3.72. The molecule has 106 valence electrons. The van der Waals surface area contributed by atoms with Crippen molar-refractivity contribution in [1.82, 2.24) is 5.32 Å². The van der Waals surface area contributed by atoms with Crippen LogP contribution < -0.4 is 5.32 Å². The van der Waals surface area contributed by atoms with Gasteiger partial charge in [-0.1, -0.05) is 30.3 Å². The number of methoxy groups -OCH3 is 1. The molecule has 1 aliphatic carbocycles. The van der Waals surface area contributed by atoms with Gasteiger partial charge in [-0.05, 0) is 31.2 Å². The summed E-state index contributed by atoms with van der Waals surface area (Å²) in [6.07, 6.45) is 5.42. The van der Waals surface area contributed by atoms with Crippen molar-refractivity contribution in [2.75, 3.05) is 20.3 Å². The number of benzene rings is 1. The predicted octanol–water partition coefficient (Wildman–Crippen LogP) is 2.75. The second-order valence-corrected chi connectivity index (χ2v) is 5.18. The minimum Gasteiger partial charge on any atom is -0.381 e. The Labute approximate surface area is 116 Å². The van der Waals surface area contributed by atoms with Gasteiger partial charge in [0, 0.05) is 20.2 Å². The molecule has 1 fully saturated rings. The average Bonchev–Trinajstić information content (AvgIpc) is 2.48. The van der Waals surface area contributed by atoms with Crippen molar-refractivity contribution in [3.63, 3.8) is 0 Å². The van der Waals surface area contributed by atoms with Crippen molar-refractivity contribution in [2.24, 2.45) is 0 Å². The fourth-order valence-corrected chi connectivity index (χ4v) is 2.59. The molecule has 1 aliphatic rings. The summed E-state index contributed by atoms with van der Waals surface area (Å²) in [6.45, 7) is 2.60. The molecule has 1 aromatic carbocycles. The van der Waals surface area contributed by atoms with E-state index in [4.69, 9.17) is 9.47 Å². The molecule has 0 amide bonds. The molecule has 0 aliphatic heterocycles. The molecule has 0 bridgehead atoms. The second-order valence-electron chi connectivity index (χ2n) is 5.18. The zero-order chi connectivity index (χ0) is 13.3. The molecule has 0 heterocycles. The van der Waals surface area contributed by atoms with Crippen molar-refractivity contribution >= 4 is 0 Å². The highest BCUT2D eigenvalue weighted by atomic mass is 16.5. The van der Waals surface area contributed by atoms with Crippen LogP contribution in [0.15, 0.2) is 30.3 Å². The lowest BCUT2D eigenvalue weighted by Crippen LogP contribution is -2.30. The molecule has 3 heteroatoms. The molecule has 2 atom stereocenters. The van der Waals surface area contributed by atoms with Crippen molar-refractivity contribution in [3.8, 4) is 0 Å². The Hall–Kier alpha value is -0.900. The molecule has 2 unspecified atom stereocenters. The van der Waals surface area contributed by atoms with Gasteiger partial charge in [0.25, 0.3) is 0 Å². The zero-order valence-corrected chi connectivity index (χ0v) is 11.8. The molecule has 0 saturated heterocycles. The van der Waals surface area contributed by atoms with E-state index in [-0.39, 0.29) is 0 Å². The quantitative estimate of drug-likeness (QED) is 0.767. The monoisotopic (exact) mass is 263 g/mol. The Balaban J connectivity index is 1.54. The first-order valence-corrected chi connectivity index (χ1v) is 7.27. The van der Waals surface area contributed by atoms with Crippen LogP contribution in [0, 0.1) is 0 Å². The predicted molar refractivity (Wildman–Crippen MR) is 77.2 cm³/mol. The smallest absolute Gasteiger partial charge is 0.0600 e. The van der Waals surface area contributed by atoms with E-state index in [2.05, 4.69) is 29.6 Å². The molecule has 0 spiro atoms. The molecule has 1 N–H and O–H groups in total. The van der Waals surface area contributed by atoms with E-state index in [1.807, 2.05) is 6.07 Å². The van der Waals surface area contributed by atoms with Gasteiger partial charge in [-0.2, -0.15) is 0 Å². The number of hydrogen-bond donors (Lipinski definition) is 1. The van der Waals surface area contributed by atoms with Gasteiger partial charge >= 0.3 is 0 Å². The van der Waals surface area contributed by atoms with Gasteiger partial charge in [-0.3, -0.25) is 0 Å². The first-order chi connectivity index (χ1) is 9.38. The van der Waals surface area contributed by atoms with E-state index in [0.717, 1.165) is 26.1 Å².